The Morgan fingerprint density at radius 1 is 1.33 bits per heavy atom. The van der Waals surface area contributed by atoms with Crippen molar-refractivity contribution >= 4 is 29.2 Å². The predicted molar refractivity (Wildman–Crippen MR) is 57.5 cm³/mol. The molecule has 0 aliphatic carbocycles. The first-order valence-electron chi connectivity index (χ1n) is 4.51. The van der Waals surface area contributed by atoms with E-state index < -0.39 is 18.1 Å². The number of alkyl halides is 3. The van der Waals surface area contributed by atoms with E-state index in [1.165, 1.54) is 0 Å². The molecule has 0 fully saturated rings. The largest absolute Gasteiger partial charge is 0.471 e. The van der Waals surface area contributed by atoms with Gasteiger partial charge in [0.1, 0.15) is 0 Å². The van der Waals surface area contributed by atoms with Gasteiger partial charge >= 0.3 is 18.1 Å². The van der Waals surface area contributed by atoms with Gasteiger partial charge in [0.05, 0.1) is 17.7 Å². The van der Waals surface area contributed by atoms with Crippen LogP contribution in [0.3, 0.4) is 0 Å². The van der Waals surface area contributed by atoms with E-state index >= 15 is 0 Å². The minimum absolute atomic E-state index is 0.0100. The molecule has 18 heavy (non-hydrogen) atoms. The van der Waals surface area contributed by atoms with Crippen molar-refractivity contribution in [1.82, 2.24) is 0 Å². The first-order chi connectivity index (χ1) is 8.25. The Morgan fingerprint density at radius 3 is 2.39 bits per heavy atom. The number of hydrogen-bond donors (Lipinski definition) is 1. The third-order valence-corrected chi connectivity index (χ3v) is 2.20. The fourth-order valence-electron chi connectivity index (χ4n) is 1.07. The van der Waals surface area contributed by atoms with E-state index in [4.69, 9.17) is 11.6 Å². The van der Waals surface area contributed by atoms with Crippen molar-refractivity contribution < 1.29 is 27.5 Å². The summed E-state index contributed by atoms with van der Waals surface area (Å²) in [6.45, 7) is 0. The van der Waals surface area contributed by atoms with Gasteiger partial charge in [-0.25, -0.2) is 4.79 Å². The molecule has 0 aliphatic rings. The number of rotatable bonds is 2. The van der Waals surface area contributed by atoms with Gasteiger partial charge in [-0.15, -0.1) is 0 Å². The molecule has 0 saturated carbocycles. The van der Waals surface area contributed by atoms with Crippen molar-refractivity contribution in [3.8, 4) is 0 Å². The SMILES string of the molecule is COC(=O)c1ccc(NC(=O)C(F)(F)F)cc1Cl. The standard InChI is InChI=1S/C10H7ClF3NO3/c1-18-8(16)6-3-2-5(4-7(6)11)15-9(17)10(12,13)14/h2-4H,1H3,(H,15,17). The topological polar surface area (TPSA) is 55.4 Å². The summed E-state index contributed by atoms with van der Waals surface area (Å²) in [5.41, 5.74) is -0.181. The molecule has 0 unspecified atom stereocenters. The number of nitrogens with one attached hydrogen (secondary N) is 1. The summed E-state index contributed by atoms with van der Waals surface area (Å²) in [5.74, 6) is -2.85. The van der Waals surface area contributed by atoms with Crippen LogP contribution >= 0.6 is 11.6 Å². The van der Waals surface area contributed by atoms with Crippen LogP contribution in [0, 0.1) is 0 Å². The lowest BCUT2D eigenvalue weighted by Crippen LogP contribution is -2.29. The van der Waals surface area contributed by atoms with Crippen molar-refractivity contribution in [2.24, 2.45) is 0 Å². The van der Waals surface area contributed by atoms with Crippen LogP contribution < -0.4 is 5.32 Å². The maximum atomic E-state index is 12.0. The summed E-state index contributed by atoms with van der Waals surface area (Å²) in [7, 11) is 1.14. The lowest BCUT2D eigenvalue weighted by Gasteiger charge is -2.09. The first kappa shape index (κ1) is 14.3. The molecule has 0 atom stereocenters. The van der Waals surface area contributed by atoms with Gasteiger partial charge in [0.15, 0.2) is 0 Å². The lowest BCUT2D eigenvalue weighted by atomic mass is 10.2. The second kappa shape index (κ2) is 5.26. The highest BCUT2D eigenvalue weighted by molar-refractivity contribution is 6.34. The Hall–Kier alpha value is -1.76. The van der Waals surface area contributed by atoms with Crippen LogP contribution in [0.4, 0.5) is 18.9 Å². The van der Waals surface area contributed by atoms with Crippen LogP contribution in [0.1, 0.15) is 10.4 Å². The number of halogens is 4. The lowest BCUT2D eigenvalue weighted by molar-refractivity contribution is -0.167. The predicted octanol–water partition coefficient (Wildman–Crippen LogP) is 2.63. The highest BCUT2D eigenvalue weighted by Gasteiger charge is 2.38. The van der Waals surface area contributed by atoms with Crippen molar-refractivity contribution in [2.75, 3.05) is 12.4 Å². The molecule has 0 bridgehead atoms. The molecule has 0 aliphatic heterocycles. The number of anilines is 1. The Labute approximate surface area is 105 Å². The highest BCUT2D eigenvalue weighted by atomic mass is 35.5. The minimum atomic E-state index is -4.99. The van der Waals surface area contributed by atoms with E-state index in [-0.39, 0.29) is 16.3 Å². The first-order valence-corrected chi connectivity index (χ1v) is 4.89. The molecule has 1 aromatic rings. The normalized spacial score (nSPS) is 10.9. The van der Waals surface area contributed by atoms with Gasteiger partial charge in [0, 0.05) is 5.69 Å². The molecular formula is C10H7ClF3NO3. The summed E-state index contributed by atoms with van der Waals surface area (Å²) >= 11 is 5.67. The maximum Gasteiger partial charge on any atom is 0.471 e. The van der Waals surface area contributed by atoms with E-state index in [0.29, 0.717) is 0 Å². The van der Waals surface area contributed by atoms with Gasteiger partial charge in [-0.05, 0) is 18.2 Å². The van der Waals surface area contributed by atoms with Gasteiger partial charge in [-0.3, -0.25) is 4.79 Å². The number of carbonyl (C=O) groups excluding carboxylic acids is 2. The van der Waals surface area contributed by atoms with E-state index in [9.17, 15) is 22.8 Å². The molecule has 0 heterocycles. The smallest absolute Gasteiger partial charge is 0.465 e. The van der Waals surface area contributed by atoms with Crippen LogP contribution in [0.2, 0.25) is 5.02 Å². The number of amides is 1. The van der Waals surface area contributed by atoms with Crippen molar-refractivity contribution in [3.05, 3.63) is 28.8 Å². The Kier molecular flexibility index (Phi) is 4.18. The van der Waals surface area contributed by atoms with E-state index in [0.717, 1.165) is 25.3 Å². The molecule has 98 valence electrons. The number of ether oxygens (including phenoxy) is 1. The summed E-state index contributed by atoms with van der Waals surface area (Å²) in [6, 6.07) is 3.29. The number of benzene rings is 1. The van der Waals surface area contributed by atoms with Gasteiger partial charge in [-0.1, -0.05) is 11.6 Å². The van der Waals surface area contributed by atoms with E-state index in [1.54, 1.807) is 5.32 Å². The number of methoxy groups -OCH3 is 1. The average molecular weight is 282 g/mol. The molecule has 0 radical (unpaired) electrons. The molecular weight excluding hydrogens is 275 g/mol. The average Bonchev–Trinajstić information content (AvgIpc) is 2.27. The van der Waals surface area contributed by atoms with Crippen molar-refractivity contribution in [1.29, 1.82) is 0 Å². The summed E-state index contributed by atoms with van der Waals surface area (Å²) in [5, 5.41) is 1.48. The quantitative estimate of drug-likeness (QED) is 0.848. The number of hydrogen-bond acceptors (Lipinski definition) is 3. The van der Waals surface area contributed by atoms with Crippen LogP contribution in [0.5, 0.6) is 0 Å². The van der Waals surface area contributed by atoms with Gasteiger partial charge < -0.3 is 10.1 Å². The molecule has 8 heteroatoms. The fraction of sp³-hybridized carbons (Fsp3) is 0.200. The molecule has 1 aromatic carbocycles. The zero-order valence-electron chi connectivity index (χ0n) is 8.97. The monoisotopic (exact) mass is 281 g/mol. The maximum absolute atomic E-state index is 12.0. The van der Waals surface area contributed by atoms with E-state index in [1.807, 2.05) is 0 Å². The minimum Gasteiger partial charge on any atom is -0.465 e. The summed E-state index contributed by atoms with van der Waals surface area (Å²) in [6.07, 6.45) is -4.99. The zero-order chi connectivity index (χ0) is 13.9. The Bertz CT molecular complexity index is 488. The highest BCUT2D eigenvalue weighted by Crippen LogP contribution is 2.23. The van der Waals surface area contributed by atoms with Gasteiger partial charge in [0.2, 0.25) is 0 Å². The Balaban J connectivity index is 2.92. The molecule has 0 saturated heterocycles. The zero-order valence-corrected chi connectivity index (χ0v) is 9.72. The van der Waals surface area contributed by atoms with E-state index in [2.05, 4.69) is 4.74 Å². The van der Waals surface area contributed by atoms with Crippen molar-refractivity contribution in [2.45, 2.75) is 6.18 Å². The summed E-state index contributed by atoms with van der Waals surface area (Å²) < 4.78 is 40.3. The molecule has 1 amide bonds. The van der Waals surface area contributed by atoms with Crippen LogP contribution in [-0.4, -0.2) is 25.2 Å². The Morgan fingerprint density at radius 2 is 1.94 bits per heavy atom. The van der Waals surface area contributed by atoms with Crippen LogP contribution in [-0.2, 0) is 9.53 Å². The van der Waals surface area contributed by atoms with Gasteiger partial charge in [-0.2, -0.15) is 13.2 Å². The molecule has 0 spiro atoms. The van der Waals surface area contributed by atoms with Gasteiger partial charge in [0.25, 0.3) is 0 Å². The number of carbonyl (C=O) groups is 2. The molecule has 1 N–H and O–H groups in total. The van der Waals surface area contributed by atoms with Crippen LogP contribution in [0.25, 0.3) is 0 Å². The number of esters is 1. The summed E-state index contributed by atoms with van der Waals surface area (Å²) in [4.78, 5) is 21.8. The molecule has 1 rings (SSSR count). The molecule has 0 aromatic heterocycles. The fourth-order valence-corrected chi connectivity index (χ4v) is 1.33. The third-order valence-electron chi connectivity index (χ3n) is 1.89. The van der Waals surface area contributed by atoms with Crippen molar-refractivity contribution in [3.63, 3.8) is 0 Å². The second-order valence-corrected chi connectivity index (χ2v) is 3.55. The molecule has 4 nitrogen and oxygen atoms in total. The second-order valence-electron chi connectivity index (χ2n) is 3.14. The third kappa shape index (κ3) is 3.36. The van der Waals surface area contributed by atoms with Crippen LogP contribution in [0.15, 0.2) is 18.2 Å².